The van der Waals surface area contributed by atoms with Crippen LogP contribution in [0.2, 0.25) is 0 Å². The van der Waals surface area contributed by atoms with Crippen molar-refractivity contribution >= 4 is 92.1 Å². The third-order valence-electron chi connectivity index (χ3n) is 10.3. The second-order valence-corrected chi connectivity index (χ2v) is 15.6. The molecule has 0 aliphatic rings. The summed E-state index contributed by atoms with van der Waals surface area (Å²) in [5.41, 5.74) is 11.7. The topological polar surface area (TPSA) is 29.3 Å². The molecule has 0 spiro atoms. The lowest BCUT2D eigenvalue weighted by atomic mass is 10.0. The van der Waals surface area contributed by atoms with Gasteiger partial charge in [0.25, 0.3) is 0 Å². The van der Waals surface area contributed by atoms with E-state index in [1.807, 2.05) is 17.4 Å². The molecule has 54 heavy (non-hydrogen) atoms. The first-order valence-corrected chi connectivity index (χ1v) is 19.7. The molecule has 254 valence electrons. The van der Waals surface area contributed by atoms with Gasteiger partial charge < -0.3 is 9.32 Å². The van der Waals surface area contributed by atoms with Crippen molar-refractivity contribution < 1.29 is 4.42 Å². The van der Waals surface area contributed by atoms with E-state index >= 15 is 0 Å². The van der Waals surface area contributed by atoms with Crippen LogP contribution in [0.3, 0.4) is 0 Å². The van der Waals surface area contributed by atoms with E-state index in [9.17, 15) is 0 Å². The average Bonchev–Trinajstić information content (AvgIpc) is 3.95. The Morgan fingerprint density at radius 3 is 1.96 bits per heavy atom. The zero-order valence-electron chi connectivity index (χ0n) is 28.9. The number of nitrogens with zero attached hydrogens (tertiary/aromatic N) is 2. The van der Waals surface area contributed by atoms with E-state index in [4.69, 9.17) is 9.40 Å². The molecule has 3 nitrogen and oxygen atoms in total. The number of fused-ring (bicyclic) bond motifs is 8. The van der Waals surface area contributed by atoms with Gasteiger partial charge in [-0.05, 0) is 76.9 Å². The third-order valence-corrected chi connectivity index (χ3v) is 12.6. The summed E-state index contributed by atoms with van der Waals surface area (Å²) in [4.78, 5) is 7.48. The molecule has 3 heterocycles. The summed E-state index contributed by atoms with van der Waals surface area (Å²) in [6.45, 7) is 0. The second kappa shape index (κ2) is 12.6. The van der Waals surface area contributed by atoms with E-state index in [0.29, 0.717) is 0 Å². The van der Waals surface area contributed by atoms with Crippen molar-refractivity contribution in [2.75, 3.05) is 4.90 Å². The predicted molar refractivity (Wildman–Crippen MR) is 231 cm³/mol. The van der Waals surface area contributed by atoms with Gasteiger partial charge in [-0.3, -0.25) is 0 Å². The summed E-state index contributed by atoms with van der Waals surface area (Å²) < 4.78 is 10.4. The van der Waals surface area contributed by atoms with Gasteiger partial charge in [0, 0.05) is 54.3 Å². The quantitative estimate of drug-likeness (QED) is 0.171. The number of thiazole rings is 1. The van der Waals surface area contributed by atoms with Crippen LogP contribution in [0, 0.1) is 0 Å². The van der Waals surface area contributed by atoms with Gasteiger partial charge in [0.2, 0.25) is 0 Å². The van der Waals surface area contributed by atoms with Crippen LogP contribution in [-0.4, -0.2) is 4.98 Å². The lowest BCUT2D eigenvalue weighted by molar-refractivity contribution is 0.669. The van der Waals surface area contributed by atoms with E-state index in [-0.39, 0.29) is 0 Å². The molecule has 11 rings (SSSR count). The molecule has 0 saturated heterocycles. The maximum Gasteiger partial charge on any atom is 0.137 e. The molecule has 8 aromatic carbocycles. The molecule has 0 amide bonds. The standard InChI is InChI=1S/C49H30N2OS2/c1-3-11-31(12-4-1)32-21-23-35(24-22-32)51(36-16-9-15-34(29-36)38-18-10-19-40-39-17-7-8-20-44(39)53-48(38)40)37-25-26-41-43(30-37)52-42-27-28-45-47(46(41)42)50-49(54-45)33-13-5-2-6-14-33/h1-30H. The zero-order valence-corrected chi connectivity index (χ0v) is 30.6. The first-order valence-electron chi connectivity index (χ1n) is 18.0. The van der Waals surface area contributed by atoms with E-state index in [1.165, 1.54) is 42.4 Å². The molecule has 3 aromatic heterocycles. The molecule has 0 aliphatic carbocycles. The smallest absolute Gasteiger partial charge is 0.137 e. The highest BCUT2D eigenvalue weighted by Gasteiger charge is 2.20. The summed E-state index contributed by atoms with van der Waals surface area (Å²) in [6, 6.07) is 64.9. The third kappa shape index (κ3) is 5.12. The van der Waals surface area contributed by atoms with Crippen LogP contribution in [-0.2, 0) is 0 Å². The van der Waals surface area contributed by atoms with Gasteiger partial charge in [-0.2, -0.15) is 0 Å². The number of anilines is 3. The molecular formula is C49H30N2OS2. The highest BCUT2D eigenvalue weighted by atomic mass is 32.1. The lowest BCUT2D eigenvalue weighted by Crippen LogP contribution is -2.10. The second-order valence-electron chi connectivity index (χ2n) is 13.5. The highest BCUT2D eigenvalue weighted by Crippen LogP contribution is 2.45. The molecule has 11 aromatic rings. The van der Waals surface area contributed by atoms with E-state index in [0.717, 1.165) is 59.8 Å². The highest BCUT2D eigenvalue weighted by molar-refractivity contribution is 7.26. The Labute approximate surface area is 319 Å². The van der Waals surface area contributed by atoms with Crippen molar-refractivity contribution in [3.63, 3.8) is 0 Å². The molecule has 5 heteroatoms. The summed E-state index contributed by atoms with van der Waals surface area (Å²) in [5, 5.41) is 5.74. The van der Waals surface area contributed by atoms with Crippen molar-refractivity contribution in [2.45, 2.75) is 0 Å². The van der Waals surface area contributed by atoms with Gasteiger partial charge in [0.15, 0.2) is 0 Å². The van der Waals surface area contributed by atoms with Crippen LogP contribution in [0.25, 0.3) is 85.2 Å². The van der Waals surface area contributed by atoms with Gasteiger partial charge in [-0.15, -0.1) is 22.7 Å². The summed E-state index contributed by atoms with van der Waals surface area (Å²) in [5.74, 6) is 0. The molecular weight excluding hydrogens is 697 g/mol. The fourth-order valence-corrected chi connectivity index (χ4v) is 9.97. The number of benzene rings is 8. The Kier molecular flexibility index (Phi) is 7.22. The molecule has 0 saturated carbocycles. The van der Waals surface area contributed by atoms with Crippen LogP contribution in [0.15, 0.2) is 186 Å². The summed E-state index contributed by atoms with van der Waals surface area (Å²) in [7, 11) is 0. The summed E-state index contributed by atoms with van der Waals surface area (Å²) in [6.07, 6.45) is 0. The number of thiophene rings is 1. The lowest BCUT2D eigenvalue weighted by Gasteiger charge is -2.26. The Balaban J connectivity index is 1.07. The minimum atomic E-state index is 0.835. The van der Waals surface area contributed by atoms with Crippen LogP contribution >= 0.6 is 22.7 Å². The average molecular weight is 727 g/mol. The number of aromatic nitrogens is 1. The van der Waals surface area contributed by atoms with Crippen LogP contribution in [0.1, 0.15) is 0 Å². The number of rotatable bonds is 6. The van der Waals surface area contributed by atoms with Crippen LogP contribution in [0.5, 0.6) is 0 Å². The van der Waals surface area contributed by atoms with Gasteiger partial charge in [-0.25, -0.2) is 4.98 Å². The van der Waals surface area contributed by atoms with Gasteiger partial charge in [0.05, 0.1) is 15.6 Å². The van der Waals surface area contributed by atoms with E-state index in [2.05, 4.69) is 181 Å². The van der Waals surface area contributed by atoms with Gasteiger partial charge in [0.1, 0.15) is 16.2 Å². The molecule has 0 radical (unpaired) electrons. The Morgan fingerprint density at radius 2 is 1.11 bits per heavy atom. The minimum Gasteiger partial charge on any atom is -0.456 e. The summed E-state index contributed by atoms with van der Waals surface area (Å²) >= 11 is 3.58. The molecule has 0 aliphatic heterocycles. The molecule has 0 N–H and O–H groups in total. The molecule has 0 fully saturated rings. The fraction of sp³-hybridized carbons (Fsp3) is 0. The Bertz CT molecular complexity index is 3160. The van der Waals surface area contributed by atoms with Crippen LogP contribution in [0.4, 0.5) is 17.1 Å². The predicted octanol–water partition coefficient (Wildman–Crippen LogP) is 15.0. The number of hydrogen-bond acceptors (Lipinski definition) is 5. The van der Waals surface area contributed by atoms with Crippen molar-refractivity contribution in [3.8, 4) is 32.8 Å². The fourth-order valence-electron chi connectivity index (χ4n) is 7.75. The van der Waals surface area contributed by atoms with E-state index in [1.54, 1.807) is 11.3 Å². The van der Waals surface area contributed by atoms with Gasteiger partial charge in [-0.1, -0.05) is 121 Å². The SMILES string of the molecule is c1ccc(-c2ccc(N(c3cccc(-c4cccc5c4sc4ccccc45)c3)c3ccc4c(c3)oc3ccc5sc(-c6ccccc6)nc5c34)cc2)cc1. The first kappa shape index (κ1) is 31.0. The molecule has 0 atom stereocenters. The van der Waals surface area contributed by atoms with Crippen molar-refractivity contribution in [1.29, 1.82) is 0 Å². The Morgan fingerprint density at radius 1 is 0.426 bits per heavy atom. The minimum absolute atomic E-state index is 0.835. The largest absolute Gasteiger partial charge is 0.456 e. The normalized spacial score (nSPS) is 11.7. The van der Waals surface area contributed by atoms with Crippen molar-refractivity contribution in [2.24, 2.45) is 0 Å². The van der Waals surface area contributed by atoms with Crippen molar-refractivity contribution in [1.82, 2.24) is 4.98 Å². The maximum atomic E-state index is 6.62. The monoisotopic (exact) mass is 726 g/mol. The maximum absolute atomic E-state index is 6.62. The van der Waals surface area contributed by atoms with Gasteiger partial charge >= 0.3 is 0 Å². The van der Waals surface area contributed by atoms with E-state index < -0.39 is 0 Å². The number of furan rings is 1. The zero-order chi connectivity index (χ0) is 35.6. The number of hydrogen-bond donors (Lipinski definition) is 0. The van der Waals surface area contributed by atoms with Crippen molar-refractivity contribution in [3.05, 3.63) is 182 Å². The Hall–Kier alpha value is -6.53. The first-order chi connectivity index (χ1) is 26.7. The van der Waals surface area contributed by atoms with Crippen LogP contribution < -0.4 is 4.90 Å². The molecule has 0 unspecified atom stereocenters. The molecule has 0 bridgehead atoms.